The summed E-state index contributed by atoms with van der Waals surface area (Å²) in [6.07, 6.45) is 2.43. The number of hydrogen-bond donors (Lipinski definition) is 3. The Hall–Kier alpha value is -1.47. The molecule has 4 N–H and O–H groups in total. The molecule has 0 saturated heterocycles. The van der Waals surface area contributed by atoms with Crippen LogP contribution in [-0.2, 0) is 4.79 Å². The first kappa shape index (κ1) is 14.0. The minimum atomic E-state index is -0.262. The number of hydrogen-bond acceptors (Lipinski definition) is 5. The second kappa shape index (κ2) is 6.12. The van der Waals surface area contributed by atoms with Crippen LogP contribution in [0.15, 0.2) is 5.38 Å². The topological polar surface area (TPSA) is 97.1 Å². The van der Waals surface area contributed by atoms with Crippen LogP contribution in [0.1, 0.15) is 47.7 Å². The van der Waals surface area contributed by atoms with Crippen LogP contribution in [0.2, 0.25) is 0 Å². The Morgan fingerprint density at radius 2 is 2.32 bits per heavy atom. The molecule has 0 bridgehead atoms. The number of carbonyl (C=O) groups is 2. The Labute approximate surface area is 115 Å². The van der Waals surface area contributed by atoms with Crippen molar-refractivity contribution in [3.63, 3.8) is 0 Å². The molecule has 1 aromatic heterocycles. The predicted molar refractivity (Wildman–Crippen MR) is 72.8 cm³/mol. The largest absolute Gasteiger partial charge is 0.353 e. The first-order valence-corrected chi connectivity index (χ1v) is 7.23. The van der Waals surface area contributed by atoms with E-state index in [2.05, 4.69) is 15.6 Å². The van der Waals surface area contributed by atoms with Gasteiger partial charge in [0.1, 0.15) is 10.7 Å². The number of carbonyl (C=O) groups excluding carboxylic acids is 2. The van der Waals surface area contributed by atoms with E-state index in [0.29, 0.717) is 24.7 Å². The molecule has 1 fully saturated rings. The van der Waals surface area contributed by atoms with Gasteiger partial charge in [0.15, 0.2) is 0 Å². The summed E-state index contributed by atoms with van der Waals surface area (Å²) in [5.74, 6) is -0.278. The first-order chi connectivity index (χ1) is 9.06. The molecule has 2 rings (SSSR count). The van der Waals surface area contributed by atoms with E-state index in [1.54, 1.807) is 5.38 Å². The normalized spacial score (nSPS) is 15.9. The summed E-state index contributed by atoms with van der Waals surface area (Å²) in [4.78, 5) is 27.3. The fourth-order valence-corrected chi connectivity index (χ4v) is 2.27. The average molecular weight is 282 g/mol. The zero-order valence-electron chi connectivity index (χ0n) is 10.8. The highest BCUT2D eigenvalue weighted by molar-refractivity contribution is 7.09. The van der Waals surface area contributed by atoms with Gasteiger partial charge in [-0.3, -0.25) is 9.59 Å². The summed E-state index contributed by atoms with van der Waals surface area (Å²) < 4.78 is 0. The standard InChI is InChI=1S/C12H18N4O2S/c1-7(13)12-16-9(6-19-12)11(18)14-5-4-10(17)15-8-2-3-8/h6-8H,2-5,13H2,1H3,(H,14,18)(H,15,17). The van der Waals surface area contributed by atoms with Crippen LogP contribution in [0.5, 0.6) is 0 Å². The Bertz CT molecular complexity index is 468. The Balaban J connectivity index is 1.72. The molecule has 1 atom stereocenters. The van der Waals surface area contributed by atoms with Gasteiger partial charge in [0.05, 0.1) is 6.04 Å². The Morgan fingerprint density at radius 3 is 2.89 bits per heavy atom. The van der Waals surface area contributed by atoms with E-state index in [-0.39, 0.29) is 17.9 Å². The van der Waals surface area contributed by atoms with Gasteiger partial charge in [0.25, 0.3) is 5.91 Å². The van der Waals surface area contributed by atoms with Crippen LogP contribution >= 0.6 is 11.3 Å². The SMILES string of the molecule is CC(N)c1nc(C(=O)NCCC(=O)NC2CC2)cs1. The van der Waals surface area contributed by atoms with Crippen LogP contribution in [0.3, 0.4) is 0 Å². The van der Waals surface area contributed by atoms with E-state index in [4.69, 9.17) is 5.73 Å². The molecule has 0 aliphatic heterocycles. The van der Waals surface area contributed by atoms with Crippen molar-refractivity contribution in [1.82, 2.24) is 15.6 Å². The number of nitrogens with two attached hydrogens (primary N) is 1. The second-order valence-electron chi connectivity index (χ2n) is 4.71. The van der Waals surface area contributed by atoms with Crippen molar-refractivity contribution >= 4 is 23.2 Å². The quantitative estimate of drug-likeness (QED) is 0.710. The third kappa shape index (κ3) is 4.29. The monoisotopic (exact) mass is 282 g/mol. The molecule has 1 heterocycles. The van der Waals surface area contributed by atoms with E-state index in [9.17, 15) is 9.59 Å². The molecule has 19 heavy (non-hydrogen) atoms. The van der Waals surface area contributed by atoms with E-state index in [1.165, 1.54) is 11.3 Å². The van der Waals surface area contributed by atoms with Crippen molar-refractivity contribution in [3.05, 3.63) is 16.1 Å². The molecule has 104 valence electrons. The minimum Gasteiger partial charge on any atom is -0.353 e. The zero-order valence-corrected chi connectivity index (χ0v) is 11.6. The van der Waals surface area contributed by atoms with Gasteiger partial charge in [0.2, 0.25) is 5.91 Å². The number of nitrogens with one attached hydrogen (secondary N) is 2. The van der Waals surface area contributed by atoms with Gasteiger partial charge in [-0.15, -0.1) is 11.3 Å². The highest BCUT2D eigenvalue weighted by Gasteiger charge is 2.22. The van der Waals surface area contributed by atoms with Crippen LogP contribution in [0, 0.1) is 0 Å². The van der Waals surface area contributed by atoms with Crippen molar-refractivity contribution in [2.24, 2.45) is 5.73 Å². The predicted octanol–water partition coefficient (Wildman–Crippen LogP) is 0.561. The van der Waals surface area contributed by atoms with Crippen molar-refractivity contribution in [2.45, 2.75) is 38.3 Å². The highest BCUT2D eigenvalue weighted by Crippen LogP contribution is 2.18. The van der Waals surface area contributed by atoms with Crippen molar-refractivity contribution in [1.29, 1.82) is 0 Å². The lowest BCUT2D eigenvalue weighted by molar-refractivity contribution is -0.121. The van der Waals surface area contributed by atoms with Gasteiger partial charge >= 0.3 is 0 Å². The molecule has 1 aliphatic carbocycles. The summed E-state index contributed by atoms with van der Waals surface area (Å²) >= 11 is 1.37. The zero-order chi connectivity index (χ0) is 13.8. The van der Waals surface area contributed by atoms with Gasteiger partial charge < -0.3 is 16.4 Å². The molecular formula is C12H18N4O2S. The molecule has 0 spiro atoms. The maximum absolute atomic E-state index is 11.8. The van der Waals surface area contributed by atoms with Gasteiger partial charge in [-0.1, -0.05) is 0 Å². The molecule has 6 nitrogen and oxygen atoms in total. The lowest BCUT2D eigenvalue weighted by Gasteiger charge is -2.04. The van der Waals surface area contributed by atoms with Crippen molar-refractivity contribution in [3.8, 4) is 0 Å². The summed E-state index contributed by atoms with van der Waals surface area (Å²) in [6, 6.07) is 0.186. The summed E-state index contributed by atoms with van der Waals surface area (Å²) in [7, 11) is 0. The second-order valence-corrected chi connectivity index (χ2v) is 5.60. The fourth-order valence-electron chi connectivity index (χ4n) is 1.51. The molecule has 1 saturated carbocycles. The third-order valence-corrected chi connectivity index (χ3v) is 3.77. The van der Waals surface area contributed by atoms with Crippen molar-refractivity contribution < 1.29 is 9.59 Å². The van der Waals surface area contributed by atoms with Gasteiger partial charge in [-0.05, 0) is 19.8 Å². The molecule has 7 heteroatoms. The molecular weight excluding hydrogens is 264 g/mol. The Morgan fingerprint density at radius 1 is 1.58 bits per heavy atom. The average Bonchev–Trinajstić information content (AvgIpc) is 3.01. The van der Waals surface area contributed by atoms with Crippen LogP contribution < -0.4 is 16.4 Å². The Kier molecular flexibility index (Phi) is 4.49. The molecule has 0 radical (unpaired) electrons. The molecule has 1 unspecified atom stereocenters. The number of thiazole rings is 1. The molecule has 0 aromatic carbocycles. The third-order valence-electron chi connectivity index (χ3n) is 2.72. The maximum atomic E-state index is 11.8. The van der Waals surface area contributed by atoms with Gasteiger partial charge in [0, 0.05) is 24.4 Å². The van der Waals surface area contributed by atoms with Crippen LogP contribution in [-0.4, -0.2) is 29.4 Å². The van der Waals surface area contributed by atoms with Crippen molar-refractivity contribution in [2.75, 3.05) is 6.54 Å². The number of aromatic nitrogens is 1. The molecule has 1 aromatic rings. The van der Waals surface area contributed by atoms with Gasteiger partial charge in [-0.25, -0.2) is 4.98 Å². The van der Waals surface area contributed by atoms with Crippen LogP contribution in [0.4, 0.5) is 0 Å². The first-order valence-electron chi connectivity index (χ1n) is 6.35. The number of amides is 2. The lowest BCUT2D eigenvalue weighted by atomic mass is 10.3. The van der Waals surface area contributed by atoms with Gasteiger partial charge in [-0.2, -0.15) is 0 Å². The summed E-state index contributed by atoms with van der Waals surface area (Å²) in [5.41, 5.74) is 6.04. The minimum absolute atomic E-state index is 0.0163. The highest BCUT2D eigenvalue weighted by atomic mass is 32.1. The van der Waals surface area contributed by atoms with Crippen LogP contribution in [0.25, 0.3) is 0 Å². The van der Waals surface area contributed by atoms with E-state index >= 15 is 0 Å². The molecule has 1 aliphatic rings. The number of nitrogens with zero attached hydrogens (tertiary/aromatic N) is 1. The van der Waals surface area contributed by atoms with E-state index in [0.717, 1.165) is 17.8 Å². The smallest absolute Gasteiger partial charge is 0.270 e. The van der Waals surface area contributed by atoms with E-state index in [1.807, 2.05) is 6.92 Å². The lowest BCUT2D eigenvalue weighted by Crippen LogP contribution is -2.31. The summed E-state index contributed by atoms with van der Waals surface area (Å²) in [6.45, 7) is 2.14. The number of rotatable bonds is 6. The summed E-state index contributed by atoms with van der Waals surface area (Å²) in [5, 5.41) is 7.96. The maximum Gasteiger partial charge on any atom is 0.270 e. The fraction of sp³-hybridized carbons (Fsp3) is 0.583. The van der Waals surface area contributed by atoms with E-state index < -0.39 is 0 Å². The molecule has 2 amide bonds.